The fraction of sp³-hybridized carbons (Fsp3) is 0.294. The Hall–Kier alpha value is -2.16. The maximum atomic E-state index is 5.98. The van der Waals surface area contributed by atoms with Crippen LogP contribution in [-0.2, 0) is 0 Å². The van der Waals surface area contributed by atoms with Gasteiger partial charge in [0.25, 0.3) is 0 Å². The van der Waals surface area contributed by atoms with Gasteiger partial charge in [0.15, 0.2) is 6.23 Å². The molecule has 1 atom stereocenters. The van der Waals surface area contributed by atoms with Crippen molar-refractivity contribution < 1.29 is 9.47 Å². The molecule has 0 aliphatic heterocycles. The van der Waals surface area contributed by atoms with Gasteiger partial charge in [0.05, 0.1) is 7.11 Å². The van der Waals surface area contributed by atoms with Crippen LogP contribution in [0.15, 0.2) is 54.6 Å². The number of para-hydroxylation sites is 1. The highest BCUT2D eigenvalue weighted by atomic mass is 16.5. The first-order chi connectivity index (χ1) is 9.74. The van der Waals surface area contributed by atoms with E-state index in [2.05, 4.69) is 24.8 Å². The Bertz CT molecular complexity index is 528. The van der Waals surface area contributed by atoms with Crippen LogP contribution in [-0.4, -0.2) is 19.9 Å². The summed E-state index contributed by atoms with van der Waals surface area (Å²) in [7, 11) is 1.68. The highest BCUT2D eigenvalue weighted by Gasteiger charge is 2.14. The molecular formula is C17H21NO2. The van der Waals surface area contributed by atoms with Gasteiger partial charge < -0.3 is 14.4 Å². The zero-order valence-corrected chi connectivity index (χ0v) is 12.2. The summed E-state index contributed by atoms with van der Waals surface area (Å²) in [5.41, 5.74) is 1.09. The Balaban J connectivity index is 2.14. The molecule has 0 heterocycles. The van der Waals surface area contributed by atoms with Crippen LogP contribution in [0.25, 0.3) is 0 Å². The molecule has 0 aliphatic carbocycles. The van der Waals surface area contributed by atoms with Gasteiger partial charge in [-0.2, -0.15) is 0 Å². The third kappa shape index (κ3) is 3.44. The molecule has 0 aliphatic rings. The zero-order chi connectivity index (χ0) is 14.4. The van der Waals surface area contributed by atoms with E-state index in [-0.39, 0.29) is 6.23 Å². The summed E-state index contributed by atoms with van der Waals surface area (Å²) in [6, 6.07) is 17.9. The molecule has 3 heteroatoms. The van der Waals surface area contributed by atoms with Crippen LogP contribution >= 0.6 is 0 Å². The molecule has 0 aromatic heterocycles. The lowest BCUT2D eigenvalue weighted by molar-refractivity contribution is 0.216. The minimum atomic E-state index is -0.0468. The summed E-state index contributed by atoms with van der Waals surface area (Å²) in [4.78, 5) is 2.19. The van der Waals surface area contributed by atoms with Gasteiger partial charge in [-0.25, -0.2) is 0 Å². The molecule has 106 valence electrons. The number of hydrogen-bond donors (Lipinski definition) is 0. The Labute approximate surface area is 120 Å². The summed E-state index contributed by atoms with van der Waals surface area (Å²) in [6.07, 6.45) is -0.0468. The van der Waals surface area contributed by atoms with Gasteiger partial charge in [-0.15, -0.1) is 0 Å². The topological polar surface area (TPSA) is 21.7 Å². The molecule has 2 aromatic carbocycles. The van der Waals surface area contributed by atoms with Crippen molar-refractivity contribution >= 4 is 5.69 Å². The number of benzene rings is 2. The minimum absolute atomic E-state index is 0.0468. The van der Waals surface area contributed by atoms with Crippen molar-refractivity contribution in [3.05, 3.63) is 54.6 Å². The molecule has 0 fully saturated rings. The van der Waals surface area contributed by atoms with E-state index in [0.29, 0.717) is 0 Å². The van der Waals surface area contributed by atoms with Gasteiger partial charge >= 0.3 is 0 Å². The average Bonchev–Trinajstić information content (AvgIpc) is 2.49. The molecule has 0 saturated carbocycles. The second-order valence-electron chi connectivity index (χ2n) is 4.52. The molecular weight excluding hydrogens is 250 g/mol. The van der Waals surface area contributed by atoms with Crippen molar-refractivity contribution in [2.45, 2.75) is 20.1 Å². The molecule has 0 amide bonds. The monoisotopic (exact) mass is 271 g/mol. The van der Waals surface area contributed by atoms with E-state index in [0.717, 1.165) is 23.7 Å². The number of nitrogens with zero attached hydrogens (tertiary/aromatic N) is 1. The van der Waals surface area contributed by atoms with Crippen LogP contribution in [0.1, 0.15) is 13.8 Å². The minimum Gasteiger partial charge on any atom is -0.497 e. The van der Waals surface area contributed by atoms with Crippen molar-refractivity contribution in [1.29, 1.82) is 0 Å². The summed E-state index contributed by atoms with van der Waals surface area (Å²) >= 11 is 0. The Morgan fingerprint density at radius 3 is 2.35 bits per heavy atom. The normalized spacial score (nSPS) is 11.8. The van der Waals surface area contributed by atoms with Crippen molar-refractivity contribution in [3.63, 3.8) is 0 Å². The fourth-order valence-electron chi connectivity index (χ4n) is 2.20. The largest absolute Gasteiger partial charge is 0.497 e. The molecule has 0 saturated heterocycles. The highest BCUT2D eigenvalue weighted by molar-refractivity contribution is 5.51. The summed E-state index contributed by atoms with van der Waals surface area (Å²) in [5.74, 6) is 1.73. The molecule has 0 spiro atoms. The first-order valence-electron chi connectivity index (χ1n) is 6.87. The second-order valence-corrected chi connectivity index (χ2v) is 4.52. The van der Waals surface area contributed by atoms with Crippen molar-refractivity contribution in [2.75, 3.05) is 18.6 Å². The van der Waals surface area contributed by atoms with E-state index in [9.17, 15) is 0 Å². The van der Waals surface area contributed by atoms with Crippen LogP contribution in [0.2, 0.25) is 0 Å². The van der Waals surface area contributed by atoms with Gasteiger partial charge in [-0.05, 0) is 38.1 Å². The highest BCUT2D eigenvalue weighted by Crippen LogP contribution is 2.23. The maximum Gasteiger partial charge on any atom is 0.169 e. The number of anilines is 1. The van der Waals surface area contributed by atoms with Gasteiger partial charge in [-0.3, -0.25) is 0 Å². The van der Waals surface area contributed by atoms with E-state index in [1.807, 2.05) is 48.5 Å². The predicted molar refractivity (Wildman–Crippen MR) is 82.5 cm³/mol. The van der Waals surface area contributed by atoms with Crippen molar-refractivity contribution in [1.82, 2.24) is 0 Å². The van der Waals surface area contributed by atoms with E-state index in [4.69, 9.17) is 9.47 Å². The van der Waals surface area contributed by atoms with Crippen LogP contribution in [0, 0.1) is 0 Å². The van der Waals surface area contributed by atoms with Crippen molar-refractivity contribution in [2.24, 2.45) is 0 Å². The molecule has 3 nitrogen and oxygen atoms in total. The number of methoxy groups -OCH3 is 1. The van der Waals surface area contributed by atoms with E-state index >= 15 is 0 Å². The summed E-state index contributed by atoms with van der Waals surface area (Å²) in [6.45, 7) is 5.03. The third-order valence-corrected chi connectivity index (χ3v) is 3.21. The lowest BCUT2D eigenvalue weighted by Crippen LogP contribution is -2.37. The van der Waals surface area contributed by atoms with Crippen molar-refractivity contribution in [3.8, 4) is 11.5 Å². The quantitative estimate of drug-likeness (QED) is 0.743. The Morgan fingerprint density at radius 2 is 1.70 bits per heavy atom. The van der Waals surface area contributed by atoms with Gasteiger partial charge in [0, 0.05) is 18.3 Å². The molecule has 2 aromatic rings. The molecule has 0 N–H and O–H groups in total. The maximum absolute atomic E-state index is 5.98. The first-order valence-corrected chi connectivity index (χ1v) is 6.87. The third-order valence-electron chi connectivity index (χ3n) is 3.21. The van der Waals surface area contributed by atoms with Crippen LogP contribution in [0.4, 0.5) is 5.69 Å². The van der Waals surface area contributed by atoms with E-state index in [1.54, 1.807) is 7.11 Å². The van der Waals surface area contributed by atoms with Gasteiger partial charge in [0.1, 0.15) is 11.5 Å². The van der Waals surface area contributed by atoms with Gasteiger partial charge in [-0.1, -0.05) is 24.3 Å². The molecule has 1 unspecified atom stereocenters. The van der Waals surface area contributed by atoms with Gasteiger partial charge in [0.2, 0.25) is 0 Å². The number of ether oxygens (including phenoxy) is 2. The Morgan fingerprint density at radius 1 is 1.00 bits per heavy atom. The predicted octanol–water partition coefficient (Wildman–Crippen LogP) is 3.95. The molecule has 20 heavy (non-hydrogen) atoms. The zero-order valence-electron chi connectivity index (χ0n) is 12.2. The summed E-state index contributed by atoms with van der Waals surface area (Å²) in [5, 5.41) is 0. The average molecular weight is 271 g/mol. The van der Waals surface area contributed by atoms with Crippen LogP contribution < -0.4 is 14.4 Å². The molecule has 0 radical (unpaired) electrons. The lowest BCUT2D eigenvalue weighted by atomic mass is 10.2. The van der Waals surface area contributed by atoms with Crippen LogP contribution in [0.5, 0.6) is 11.5 Å². The number of rotatable bonds is 6. The molecule has 0 bridgehead atoms. The smallest absolute Gasteiger partial charge is 0.169 e. The van der Waals surface area contributed by atoms with E-state index in [1.165, 1.54) is 0 Å². The standard InChI is InChI=1S/C17H21NO2/c1-4-18(15-9-8-12-17(13-15)19-3)14(2)20-16-10-6-5-7-11-16/h5-14H,4H2,1-3H3. The Kier molecular flexibility index (Phi) is 4.88. The van der Waals surface area contributed by atoms with E-state index < -0.39 is 0 Å². The first kappa shape index (κ1) is 14.3. The fourth-order valence-corrected chi connectivity index (χ4v) is 2.20. The summed E-state index contributed by atoms with van der Waals surface area (Å²) < 4.78 is 11.3. The second kappa shape index (κ2) is 6.85. The lowest BCUT2D eigenvalue weighted by Gasteiger charge is -2.30. The molecule has 2 rings (SSSR count). The SMILES string of the molecule is CCN(c1cccc(OC)c1)C(C)Oc1ccccc1. The number of hydrogen-bond acceptors (Lipinski definition) is 3. The van der Waals surface area contributed by atoms with Crippen LogP contribution in [0.3, 0.4) is 0 Å².